The van der Waals surface area contributed by atoms with Gasteiger partial charge in [0, 0.05) is 24.0 Å². The molecular weight excluding hydrogens is 453 g/mol. The minimum Gasteiger partial charge on any atom is -0.497 e. The van der Waals surface area contributed by atoms with Crippen LogP contribution < -0.4 is 10.1 Å². The molecule has 3 aromatic carbocycles. The highest BCUT2D eigenvalue weighted by Gasteiger charge is 2.30. The molecule has 0 radical (unpaired) electrons. The van der Waals surface area contributed by atoms with Gasteiger partial charge in [0.05, 0.1) is 18.1 Å². The number of alkyl halides is 3. The maximum Gasteiger partial charge on any atom is 0.416 e. The molecule has 0 amide bonds. The molecule has 2 heterocycles. The number of nitrogens with zero attached hydrogens (tertiary/aromatic N) is 3. The normalized spacial score (nSPS) is 11.5. The molecule has 8 heteroatoms. The zero-order chi connectivity index (χ0) is 24.4. The molecule has 1 N–H and O–H groups in total. The van der Waals surface area contributed by atoms with Crippen LogP contribution in [0.4, 0.5) is 19.0 Å². The van der Waals surface area contributed by atoms with Gasteiger partial charge < -0.3 is 14.6 Å². The van der Waals surface area contributed by atoms with E-state index in [4.69, 9.17) is 4.74 Å². The van der Waals surface area contributed by atoms with Gasteiger partial charge in [-0.3, -0.25) is 0 Å². The molecule has 0 aliphatic rings. The first-order valence-electron chi connectivity index (χ1n) is 10.9. The number of halogens is 3. The van der Waals surface area contributed by atoms with Crippen LogP contribution in [0.2, 0.25) is 0 Å². The van der Waals surface area contributed by atoms with Crippen molar-refractivity contribution in [3.05, 3.63) is 103 Å². The van der Waals surface area contributed by atoms with Gasteiger partial charge in [0.15, 0.2) is 5.65 Å². The Morgan fingerprint density at radius 1 is 0.914 bits per heavy atom. The van der Waals surface area contributed by atoms with Crippen LogP contribution in [0, 0.1) is 0 Å². The molecule has 176 valence electrons. The highest BCUT2D eigenvalue weighted by Crippen LogP contribution is 2.37. The Hall–Kier alpha value is -4.33. The van der Waals surface area contributed by atoms with Gasteiger partial charge in [-0.1, -0.05) is 48.5 Å². The fourth-order valence-electron chi connectivity index (χ4n) is 3.99. The number of benzene rings is 3. The van der Waals surface area contributed by atoms with Gasteiger partial charge in [0.25, 0.3) is 0 Å². The zero-order valence-corrected chi connectivity index (χ0v) is 18.8. The quantitative estimate of drug-likeness (QED) is 0.297. The Morgan fingerprint density at radius 2 is 1.69 bits per heavy atom. The number of anilines is 1. The summed E-state index contributed by atoms with van der Waals surface area (Å²) < 4.78 is 47.1. The molecule has 0 saturated carbocycles. The van der Waals surface area contributed by atoms with E-state index in [0.29, 0.717) is 23.7 Å². The molecule has 5 aromatic rings. The lowest BCUT2D eigenvalue weighted by Gasteiger charge is -2.11. The Labute approximate surface area is 199 Å². The summed E-state index contributed by atoms with van der Waals surface area (Å²) in [5.74, 6) is 1.36. The molecular formula is C27H21F3N4O. The van der Waals surface area contributed by atoms with Crippen molar-refractivity contribution in [2.24, 2.45) is 0 Å². The summed E-state index contributed by atoms with van der Waals surface area (Å²) >= 11 is 0. The molecule has 0 bridgehead atoms. The van der Waals surface area contributed by atoms with E-state index in [0.717, 1.165) is 40.0 Å². The van der Waals surface area contributed by atoms with Crippen molar-refractivity contribution >= 4 is 16.9 Å². The van der Waals surface area contributed by atoms with Crippen molar-refractivity contribution in [3.8, 4) is 22.6 Å². The first-order valence-corrected chi connectivity index (χ1v) is 10.9. The highest BCUT2D eigenvalue weighted by molar-refractivity contribution is 6.02. The summed E-state index contributed by atoms with van der Waals surface area (Å²) in [4.78, 5) is 8.91. The number of hydrogen-bond acceptors (Lipinski definition) is 4. The number of fused-ring (bicyclic) bond motifs is 1. The summed E-state index contributed by atoms with van der Waals surface area (Å²) in [6.07, 6.45) is -1.22. The number of rotatable bonds is 6. The van der Waals surface area contributed by atoms with Crippen molar-refractivity contribution in [2.75, 3.05) is 12.4 Å². The lowest BCUT2D eigenvalue weighted by molar-refractivity contribution is -0.137. The maximum atomic E-state index is 13.4. The Kier molecular flexibility index (Phi) is 5.86. The fourth-order valence-corrected chi connectivity index (χ4v) is 3.99. The van der Waals surface area contributed by atoms with Gasteiger partial charge in [0.2, 0.25) is 0 Å². The molecule has 0 aliphatic carbocycles. The first-order chi connectivity index (χ1) is 16.9. The fraction of sp³-hybridized carbons (Fsp3) is 0.111. The van der Waals surface area contributed by atoms with Crippen molar-refractivity contribution in [2.45, 2.75) is 12.7 Å². The van der Waals surface area contributed by atoms with Crippen LogP contribution in [-0.2, 0) is 12.7 Å². The molecule has 0 aliphatic heterocycles. The molecule has 0 fully saturated rings. The van der Waals surface area contributed by atoms with Crippen molar-refractivity contribution < 1.29 is 17.9 Å². The number of nitrogens with one attached hydrogen (secondary N) is 1. The van der Waals surface area contributed by atoms with Gasteiger partial charge in [-0.05, 0) is 41.5 Å². The van der Waals surface area contributed by atoms with E-state index in [1.165, 1.54) is 12.4 Å². The standard InChI is InChI=1S/C27H21F3N4O/c1-35-22-12-10-18(11-13-22)15-31-25-24-23(19-6-3-2-4-7-19)16-34(26(24)33-17-32-25)21-9-5-8-20(14-21)27(28,29)30/h2-14,16-17H,15H2,1H3,(H,31,32,33). The van der Waals surface area contributed by atoms with Gasteiger partial charge in [-0.25, -0.2) is 9.97 Å². The van der Waals surface area contributed by atoms with Crippen LogP contribution in [0.1, 0.15) is 11.1 Å². The Bertz CT molecular complexity index is 1460. The molecule has 35 heavy (non-hydrogen) atoms. The average Bonchev–Trinajstić information content (AvgIpc) is 3.28. The third-order valence-electron chi connectivity index (χ3n) is 5.74. The molecule has 0 spiro atoms. The second-order valence-electron chi connectivity index (χ2n) is 7.95. The van der Waals surface area contributed by atoms with E-state index in [9.17, 15) is 13.2 Å². The predicted octanol–water partition coefficient (Wildman–Crippen LogP) is 6.73. The summed E-state index contributed by atoms with van der Waals surface area (Å²) in [6.45, 7) is 0.499. The molecule has 0 atom stereocenters. The van der Waals surface area contributed by atoms with Crippen LogP contribution in [0.5, 0.6) is 5.75 Å². The van der Waals surface area contributed by atoms with Crippen LogP contribution in [-0.4, -0.2) is 21.6 Å². The van der Waals surface area contributed by atoms with Gasteiger partial charge in [-0.15, -0.1) is 0 Å². The van der Waals surface area contributed by atoms with E-state index in [2.05, 4.69) is 15.3 Å². The lowest BCUT2D eigenvalue weighted by atomic mass is 10.1. The van der Waals surface area contributed by atoms with E-state index in [-0.39, 0.29) is 0 Å². The molecule has 2 aromatic heterocycles. The number of ether oxygens (including phenoxy) is 1. The molecule has 5 nitrogen and oxygen atoms in total. The molecule has 0 saturated heterocycles. The van der Waals surface area contributed by atoms with E-state index in [1.807, 2.05) is 60.8 Å². The second-order valence-corrected chi connectivity index (χ2v) is 7.95. The van der Waals surface area contributed by atoms with Crippen molar-refractivity contribution in [1.82, 2.24) is 14.5 Å². The monoisotopic (exact) mass is 474 g/mol. The van der Waals surface area contributed by atoms with Crippen LogP contribution in [0.25, 0.3) is 27.8 Å². The maximum absolute atomic E-state index is 13.4. The molecule has 5 rings (SSSR count). The third kappa shape index (κ3) is 4.55. The number of methoxy groups -OCH3 is 1. The van der Waals surface area contributed by atoms with Crippen LogP contribution >= 0.6 is 0 Å². The average molecular weight is 474 g/mol. The van der Waals surface area contributed by atoms with Gasteiger partial charge in [0.1, 0.15) is 17.9 Å². The minimum absolute atomic E-state index is 0.367. The predicted molar refractivity (Wildman–Crippen MR) is 130 cm³/mol. The highest BCUT2D eigenvalue weighted by atomic mass is 19.4. The number of hydrogen-bond donors (Lipinski definition) is 1. The van der Waals surface area contributed by atoms with Crippen molar-refractivity contribution in [1.29, 1.82) is 0 Å². The Balaban J connectivity index is 1.62. The summed E-state index contributed by atoms with van der Waals surface area (Å²) in [6, 6.07) is 22.5. The number of aromatic nitrogens is 3. The minimum atomic E-state index is -4.44. The topological polar surface area (TPSA) is 52.0 Å². The van der Waals surface area contributed by atoms with E-state index >= 15 is 0 Å². The van der Waals surface area contributed by atoms with Crippen LogP contribution in [0.3, 0.4) is 0 Å². The third-order valence-corrected chi connectivity index (χ3v) is 5.74. The van der Waals surface area contributed by atoms with Crippen LogP contribution in [0.15, 0.2) is 91.4 Å². The smallest absolute Gasteiger partial charge is 0.416 e. The summed E-state index contributed by atoms with van der Waals surface area (Å²) in [7, 11) is 1.62. The second kappa shape index (κ2) is 9.13. The van der Waals surface area contributed by atoms with Gasteiger partial charge in [-0.2, -0.15) is 13.2 Å². The van der Waals surface area contributed by atoms with E-state index < -0.39 is 11.7 Å². The zero-order valence-electron chi connectivity index (χ0n) is 18.8. The Morgan fingerprint density at radius 3 is 2.40 bits per heavy atom. The van der Waals surface area contributed by atoms with Crippen molar-refractivity contribution in [3.63, 3.8) is 0 Å². The lowest BCUT2D eigenvalue weighted by Crippen LogP contribution is -2.06. The summed E-state index contributed by atoms with van der Waals surface area (Å²) in [5, 5.41) is 4.09. The van der Waals surface area contributed by atoms with Gasteiger partial charge >= 0.3 is 6.18 Å². The SMILES string of the molecule is COc1ccc(CNc2ncnc3c2c(-c2ccccc2)cn3-c2cccc(C(F)(F)F)c2)cc1. The first kappa shape index (κ1) is 22.5. The summed E-state index contributed by atoms with van der Waals surface area (Å²) in [5.41, 5.74) is 2.91. The largest absolute Gasteiger partial charge is 0.497 e. The molecule has 0 unspecified atom stereocenters. The van der Waals surface area contributed by atoms with E-state index in [1.54, 1.807) is 17.7 Å².